The van der Waals surface area contributed by atoms with Crippen LogP contribution in [0.1, 0.15) is 13.3 Å². The van der Waals surface area contributed by atoms with E-state index in [2.05, 4.69) is 12.2 Å². The highest BCUT2D eigenvalue weighted by atomic mass is 35.5. The van der Waals surface area contributed by atoms with Crippen molar-refractivity contribution < 1.29 is 9.90 Å². The van der Waals surface area contributed by atoms with Gasteiger partial charge in [-0.25, -0.2) is 0 Å². The Morgan fingerprint density at radius 3 is 2.55 bits per heavy atom. The van der Waals surface area contributed by atoms with Crippen LogP contribution in [0.4, 0.5) is 0 Å². The molecule has 3 atom stereocenters. The Kier molecular flexibility index (Phi) is 1.89. The predicted octanol–water partition coefficient (Wildman–Crippen LogP) is 0.491. The van der Waals surface area contributed by atoms with Crippen molar-refractivity contribution in [3.8, 4) is 0 Å². The number of aliphatic carboxylic acids is 1. The van der Waals surface area contributed by atoms with Crippen molar-refractivity contribution in [3.05, 3.63) is 0 Å². The molecule has 1 heterocycles. The summed E-state index contributed by atoms with van der Waals surface area (Å²) >= 11 is 0. The van der Waals surface area contributed by atoms with Crippen LogP contribution in [-0.4, -0.2) is 23.7 Å². The molecule has 1 aliphatic heterocycles. The lowest BCUT2D eigenvalue weighted by atomic mass is 10.00. The van der Waals surface area contributed by atoms with Crippen molar-refractivity contribution in [2.75, 3.05) is 6.54 Å². The molecule has 0 aromatic heterocycles. The van der Waals surface area contributed by atoms with Crippen LogP contribution in [0.25, 0.3) is 0 Å². The normalized spacial score (nSPS) is 45.9. The third-order valence-electron chi connectivity index (χ3n) is 2.93. The summed E-state index contributed by atoms with van der Waals surface area (Å²) in [4.78, 5) is 10.6. The number of carboxylic acids is 1. The van der Waals surface area contributed by atoms with Crippen molar-refractivity contribution in [1.29, 1.82) is 0 Å². The van der Waals surface area contributed by atoms with E-state index in [9.17, 15) is 4.79 Å². The minimum Gasteiger partial charge on any atom is -0.480 e. The average Bonchev–Trinajstić information content (AvgIpc) is 2.35. The molecule has 0 amide bonds. The second kappa shape index (κ2) is 2.35. The van der Waals surface area contributed by atoms with E-state index in [1.807, 2.05) is 0 Å². The molecule has 0 radical (unpaired) electrons. The van der Waals surface area contributed by atoms with E-state index in [0.717, 1.165) is 13.0 Å². The van der Waals surface area contributed by atoms with Gasteiger partial charge in [0.2, 0.25) is 0 Å². The number of piperidine rings is 1. The van der Waals surface area contributed by atoms with Crippen LogP contribution in [0.5, 0.6) is 0 Å². The summed E-state index contributed by atoms with van der Waals surface area (Å²) in [5.74, 6) is -0.0592. The van der Waals surface area contributed by atoms with Gasteiger partial charge in [0, 0.05) is 0 Å². The summed E-state index contributed by atoms with van der Waals surface area (Å²) in [6.07, 6.45) is 1.09. The molecule has 0 spiro atoms. The van der Waals surface area contributed by atoms with Gasteiger partial charge in [-0.3, -0.25) is 4.79 Å². The minimum atomic E-state index is -0.692. The first-order valence-electron chi connectivity index (χ1n) is 3.61. The molecule has 2 N–H and O–H groups in total. The minimum absolute atomic E-state index is 0. The monoisotopic (exact) mass is 177 g/mol. The van der Waals surface area contributed by atoms with Crippen LogP contribution in [0.3, 0.4) is 0 Å². The maximum absolute atomic E-state index is 10.6. The van der Waals surface area contributed by atoms with Crippen LogP contribution in [-0.2, 0) is 4.79 Å². The highest BCUT2D eigenvalue weighted by Gasteiger charge is 2.61. The van der Waals surface area contributed by atoms with Crippen LogP contribution < -0.4 is 5.32 Å². The van der Waals surface area contributed by atoms with E-state index in [1.165, 1.54) is 0 Å². The van der Waals surface area contributed by atoms with Gasteiger partial charge in [0.15, 0.2) is 0 Å². The Morgan fingerprint density at radius 1 is 1.73 bits per heavy atom. The number of hydrogen-bond donors (Lipinski definition) is 2. The van der Waals surface area contributed by atoms with Crippen LogP contribution in [0.2, 0.25) is 0 Å². The fourth-order valence-electron chi connectivity index (χ4n) is 1.99. The topological polar surface area (TPSA) is 49.3 Å². The predicted molar refractivity (Wildman–Crippen MR) is 42.9 cm³/mol. The van der Waals surface area contributed by atoms with Gasteiger partial charge in [-0.2, -0.15) is 0 Å². The van der Waals surface area contributed by atoms with E-state index in [0.29, 0.717) is 5.92 Å². The smallest absolute Gasteiger partial charge is 0.321 e. The van der Waals surface area contributed by atoms with Gasteiger partial charge in [-0.05, 0) is 24.3 Å². The summed E-state index contributed by atoms with van der Waals surface area (Å²) in [6, 6.07) is -0.280. The first-order valence-corrected chi connectivity index (χ1v) is 3.61. The zero-order valence-corrected chi connectivity index (χ0v) is 7.15. The van der Waals surface area contributed by atoms with E-state index in [1.54, 1.807) is 0 Å². The summed E-state index contributed by atoms with van der Waals surface area (Å²) in [5, 5.41) is 11.7. The zero-order valence-electron chi connectivity index (χ0n) is 6.33. The highest BCUT2D eigenvalue weighted by Crippen LogP contribution is 2.57. The fourth-order valence-corrected chi connectivity index (χ4v) is 1.99. The number of carboxylic acid groups (broad SMARTS) is 1. The first kappa shape index (κ1) is 8.81. The Bertz CT molecular complexity index is 195. The molecule has 1 saturated carbocycles. The van der Waals surface area contributed by atoms with Gasteiger partial charge in [-0.1, -0.05) is 6.92 Å². The molecule has 0 aromatic rings. The molecular formula is C7H12ClNO2. The second-order valence-electron chi connectivity index (χ2n) is 3.59. The van der Waals surface area contributed by atoms with Crippen molar-refractivity contribution in [1.82, 2.24) is 5.32 Å². The van der Waals surface area contributed by atoms with Crippen LogP contribution in [0.15, 0.2) is 0 Å². The largest absolute Gasteiger partial charge is 0.480 e. The van der Waals surface area contributed by atoms with Gasteiger partial charge in [0.05, 0.1) is 0 Å². The molecule has 2 aliphatic rings. The molecule has 2 rings (SSSR count). The van der Waals surface area contributed by atoms with Crippen molar-refractivity contribution >= 4 is 18.4 Å². The lowest BCUT2D eigenvalue weighted by Crippen LogP contribution is -2.38. The first-order chi connectivity index (χ1) is 4.64. The maximum Gasteiger partial charge on any atom is 0.321 e. The number of carbonyl (C=O) groups is 1. The van der Waals surface area contributed by atoms with E-state index >= 15 is 0 Å². The van der Waals surface area contributed by atoms with E-state index < -0.39 is 5.97 Å². The van der Waals surface area contributed by atoms with Gasteiger partial charge in [0.25, 0.3) is 0 Å². The molecule has 3 nitrogen and oxygen atoms in total. The average molecular weight is 178 g/mol. The Hall–Kier alpha value is -0.280. The van der Waals surface area contributed by atoms with Crippen molar-refractivity contribution in [3.63, 3.8) is 0 Å². The molecule has 64 valence electrons. The van der Waals surface area contributed by atoms with Gasteiger partial charge >= 0.3 is 5.97 Å². The molecular weight excluding hydrogens is 166 g/mol. The third kappa shape index (κ3) is 1.03. The molecule has 2 fully saturated rings. The quantitative estimate of drug-likeness (QED) is 0.613. The Labute approximate surface area is 71.6 Å². The highest BCUT2D eigenvalue weighted by molar-refractivity contribution is 5.85. The second-order valence-corrected chi connectivity index (χ2v) is 3.59. The number of hydrogen-bond acceptors (Lipinski definition) is 2. The Morgan fingerprint density at radius 2 is 2.36 bits per heavy atom. The van der Waals surface area contributed by atoms with Gasteiger partial charge in [0.1, 0.15) is 6.04 Å². The standard InChI is InChI=1S/C7H11NO2.ClH/c1-7-2-4(7)3-8-5(7)6(9)10;/h4-5,8H,2-3H2,1H3,(H,9,10);1H. The summed E-state index contributed by atoms with van der Waals surface area (Å²) in [7, 11) is 0. The third-order valence-corrected chi connectivity index (χ3v) is 2.93. The lowest BCUT2D eigenvalue weighted by Gasteiger charge is -2.13. The van der Waals surface area contributed by atoms with E-state index in [-0.39, 0.29) is 23.9 Å². The summed E-state index contributed by atoms with van der Waals surface area (Å²) in [6.45, 7) is 2.95. The van der Waals surface area contributed by atoms with Crippen molar-refractivity contribution in [2.45, 2.75) is 19.4 Å². The molecule has 0 bridgehead atoms. The molecule has 11 heavy (non-hydrogen) atoms. The van der Waals surface area contributed by atoms with Crippen LogP contribution >= 0.6 is 12.4 Å². The SMILES string of the molecule is CC12CC1CNC2C(=O)O.Cl. The lowest BCUT2D eigenvalue weighted by molar-refractivity contribution is -0.140. The number of fused-ring (bicyclic) bond motifs is 1. The molecule has 4 heteroatoms. The van der Waals surface area contributed by atoms with Crippen molar-refractivity contribution in [2.24, 2.45) is 11.3 Å². The molecule has 1 aliphatic carbocycles. The number of halogens is 1. The molecule has 0 aromatic carbocycles. The molecule has 3 unspecified atom stereocenters. The van der Waals surface area contributed by atoms with Crippen LogP contribution in [0, 0.1) is 11.3 Å². The summed E-state index contributed by atoms with van der Waals surface area (Å²) in [5.41, 5.74) is 0.0891. The Balaban J connectivity index is 0.000000605. The maximum atomic E-state index is 10.6. The molecule has 1 saturated heterocycles. The van der Waals surface area contributed by atoms with Gasteiger partial charge in [-0.15, -0.1) is 12.4 Å². The number of nitrogens with one attached hydrogen (secondary N) is 1. The van der Waals surface area contributed by atoms with Gasteiger partial charge < -0.3 is 10.4 Å². The summed E-state index contributed by atoms with van der Waals surface area (Å²) < 4.78 is 0. The van der Waals surface area contributed by atoms with E-state index in [4.69, 9.17) is 5.11 Å². The fraction of sp³-hybridized carbons (Fsp3) is 0.857. The zero-order chi connectivity index (χ0) is 7.35. The number of rotatable bonds is 1.